The van der Waals surface area contributed by atoms with E-state index in [9.17, 15) is 14.0 Å². The summed E-state index contributed by atoms with van der Waals surface area (Å²) in [5.74, 6) is 1.58. The summed E-state index contributed by atoms with van der Waals surface area (Å²) in [5, 5.41) is 0. The third-order valence-corrected chi connectivity index (χ3v) is 7.87. The molecule has 30 heavy (non-hydrogen) atoms. The van der Waals surface area contributed by atoms with Crippen molar-refractivity contribution in [2.45, 2.75) is 64.0 Å². The number of ether oxygens (including phenoxy) is 2. The third-order valence-electron chi connectivity index (χ3n) is 7.87. The summed E-state index contributed by atoms with van der Waals surface area (Å²) in [6, 6.07) is 4.02. The molecule has 4 saturated carbocycles. The van der Waals surface area contributed by atoms with Gasteiger partial charge < -0.3 is 14.4 Å². The number of rotatable bonds is 5. The van der Waals surface area contributed by atoms with Crippen molar-refractivity contribution in [1.29, 1.82) is 0 Å². The van der Waals surface area contributed by atoms with Crippen LogP contribution in [0.3, 0.4) is 0 Å². The van der Waals surface area contributed by atoms with Crippen LogP contribution in [0.5, 0.6) is 5.75 Å². The number of halogens is 1. The van der Waals surface area contributed by atoms with Crippen molar-refractivity contribution in [2.24, 2.45) is 23.2 Å². The van der Waals surface area contributed by atoms with E-state index in [0.29, 0.717) is 36.3 Å². The number of nitrogens with zero attached hydrogens (tertiary/aromatic N) is 1. The van der Waals surface area contributed by atoms with Gasteiger partial charge in [-0.05, 0) is 86.8 Å². The van der Waals surface area contributed by atoms with Crippen LogP contribution >= 0.6 is 0 Å². The van der Waals surface area contributed by atoms with Crippen LogP contribution in [0.1, 0.15) is 56.9 Å². The van der Waals surface area contributed by atoms with Crippen LogP contribution in [0, 0.1) is 29.0 Å². The number of carbonyl (C=O) groups is 2. The Morgan fingerprint density at radius 2 is 1.80 bits per heavy atom. The number of likely N-dealkylation sites (tertiary alicyclic amines) is 1. The van der Waals surface area contributed by atoms with E-state index < -0.39 is 11.9 Å². The van der Waals surface area contributed by atoms with E-state index in [1.807, 2.05) is 4.90 Å². The van der Waals surface area contributed by atoms with E-state index in [1.165, 1.54) is 38.5 Å². The molecule has 1 atom stereocenters. The zero-order valence-corrected chi connectivity index (χ0v) is 17.6. The zero-order valence-electron chi connectivity index (χ0n) is 17.6. The summed E-state index contributed by atoms with van der Waals surface area (Å²) in [6.45, 7) is 0.632. The maximum atomic E-state index is 13.9. The van der Waals surface area contributed by atoms with Crippen molar-refractivity contribution in [3.8, 4) is 5.75 Å². The quantitative estimate of drug-likeness (QED) is 0.680. The largest absolute Gasteiger partial charge is 0.494 e. The van der Waals surface area contributed by atoms with Gasteiger partial charge >= 0.3 is 5.97 Å². The lowest BCUT2D eigenvalue weighted by atomic mass is 9.49. The normalized spacial score (nSPS) is 34.3. The van der Waals surface area contributed by atoms with Gasteiger partial charge in [-0.1, -0.05) is 6.07 Å². The van der Waals surface area contributed by atoms with Crippen LogP contribution in [0.25, 0.3) is 0 Å². The molecule has 1 amide bonds. The Hall–Kier alpha value is -2.11. The predicted octanol–water partition coefficient (Wildman–Crippen LogP) is 4.08. The van der Waals surface area contributed by atoms with Gasteiger partial charge in [0.2, 0.25) is 5.91 Å². The number of hydrogen-bond donors (Lipinski definition) is 0. The van der Waals surface area contributed by atoms with Crippen LogP contribution in [0.2, 0.25) is 0 Å². The molecule has 1 saturated heterocycles. The number of methoxy groups -OCH3 is 1. The number of amides is 1. The molecule has 1 aromatic carbocycles. The second kappa shape index (κ2) is 7.54. The predicted molar refractivity (Wildman–Crippen MR) is 108 cm³/mol. The minimum absolute atomic E-state index is 0.00432. The molecule has 0 unspecified atom stereocenters. The first kappa shape index (κ1) is 19.8. The molecule has 0 aromatic heterocycles. The summed E-state index contributed by atoms with van der Waals surface area (Å²) < 4.78 is 24.3. The highest BCUT2D eigenvalue weighted by Gasteiger charge is 2.56. The SMILES string of the molecule is COc1ccc(COC(=O)[C@H]2CCCN2C(=O)C23CC4CC(CC(C4)C2)C3)cc1F. The average Bonchev–Trinajstić information content (AvgIpc) is 3.20. The lowest BCUT2D eigenvalue weighted by Crippen LogP contribution is -2.56. The fourth-order valence-electron chi connectivity index (χ4n) is 6.98. The Labute approximate surface area is 176 Å². The molecule has 1 heterocycles. The Kier molecular flexibility index (Phi) is 4.98. The maximum absolute atomic E-state index is 13.9. The fraction of sp³-hybridized carbons (Fsp3) is 0.667. The minimum Gasteiger partial charge on any atom is -0.494 e. The molecule has 1 aromatic rings. The maximum Gasteiger partial charge on any atom is 0.329 e. The van der Waals surface area contributed by atoms with Crippen molar-refractivity contribution < 1.29 is 23.5 Å². The summed E-state index contributed by atoms with van der Waals surface area (Å²) in [6.07, 6.45) is 8.34. The van der Waals surface area contributed by atoms with Gasteiger partial charge in [0, 0.05) is 6.54 Å². The highest BCUT2D eigenvalue weighted by molar-refractivity contribution is 5.89. The lowest BCUT2D eigenvalue weighted by Gasteiger charge is -2.56. The molecule has 4 bridgehead atoms. The molecule has 0 spiro atoms. The molecule has 6 heteroatoms. The molecule has 5 fully saturated rings. The molecular weight excluding hydrogens is 385 g/mol. The molecule has 1 aliphatic heterocycles. The first-order chi connectivity index (χ1) is 14.5. The van der Waals surface area contributed by atoms with E-state index in [1.54, 1.807) is 6.07 Å². The van der Waals surface area contributed by atoms with Crippen molar-refractivity contribution in [3.63, 3.8) is 0 Å². The van der Waals surface area contributed by atoms with Gasteiger partial charge in [0.05, 0.1) is 12.5 Å². The smallest absolute Gasteiger partial charge is 0.329 e. The summed E-state index contributed by atoms with van der Waals surface area (Å²) >= 11 is 0. The Morgan fingerprint density at radius 1 is 1.13 bits per heavy atom. The monoisotopic (exact) mass is 415 g/mol. The molecular formula is C24H30FNO4. The topological polar surface area (TPSA) is 55.8 Å². The molecule has 5 nitrogen and oxygen atoms in total. The lowest BCUT2D eigenvalue weighted by molar-refractivity contribution is -0.166. The third kappa shape index (κ3) is 3.38. The number of carbonyl (C=O) groups excluding carboxylic acids is 2. The van der Waals surface area contributed by atoms with Gasteiger partial charge in [0.15, 0.2) is 11.6 Å². The molecule has 0 radical (unpaired) electrons. The molecule has 162 valence electrons. The van der Waals surface area contributed by atoms with Crippen LogP contribution in [-0.2, 0) is 20.9 Å². The first-order valence-corrected chi connectivity index (χ1v) is 11.3. The van der Waals surface area contributed by atoms with Crippen molar-refractivity contribution in [2.75, 3.05) is 13.7 Å². The second-order valence-electron chi connectivity index (χ2n) is 9.93. The molecule has 4 aliphatic carbocycles. The van der Waals surface area contributed by atoms with Crippen LogP contribution < -0.4 is 4.74 Å². The minimum atomic E-state index is -0.506. The van der Waals surface area contributed by atoms with Crippen LogP contribution in [-0.4, -0.2) is 36.5 Å². The molecule has 5 aliphatic rings. The van der Waals surface area contributed by atoms with E-state index in [4.69, 9.17) is 9.47 Å². The van der Waals surface area contributed by atoms with Crippen molar-refractivity contribution >= 4 is 11.9 Å². The van der Waals surface area contributed by atoms with Gasteiger partial charge in [-0.15, -0.1) is 0 Å². The van der Waals surface area contributed by atoms with E-state index >= 15 is 0 Å². The number of esters is 1. The fourth-order valence-corrected chi connectivity index (χ4v) is 6.98. The van der Waals surface area contributed by atoms with E-state index in [2.05, 4.69) is 0 Å². The standard InChI is InChI=1S/C24H30FNO4/c1-29-21-5-4-15(10-19(21)25)14-30-22(27)20-3-2-6-26(20)23(28)24-11-16-7-17(12-24)9-18(8-16)13-24/h4-5,10,16-18,20H,2-3,6-9,11-14H2,1H3/t16?,17?,18?,20-,24?/m1/s1. The van der Waals surface area contributed by atoms with Crippen LogP contribution in [0.15, 0.2) is 18.2 Å². The summed E-state index contributed by atoms with van der Waals surface area (Å²) in [5.41, 5.74) is 0.329. The van der Waals surface area contributed by atoms with Gasteiger partial charge in [-0.2, -0.15) is 0 Å². The first-order valence-electron chi connectivity index (χ1n) is 11.3. The second-order valence-corrected chi connectivity index (χ2v) is 9.93. The molecule has 0 N–H and O–H groups in total. The van der Waals surface area contributed by atoms with E-state index in [0.717, 1.165) is 25.7 Å². The summed E-state index contributed by atoms with van der Waals surface area (Å²) in [7, 11) is 1.41. The van der Waals surface area contributed by atoms with Gasteiger partial charge in [-0.3, -0.25) is 4.79 Å². The van der Waals surface area contributed by atoms with Crippen LogP contribution in [0.4, 0.5) is 4.39 Å². The average molecular weight is 416 g/mol. The highest BCUT2D eigenvalue weighted by atomic mass is 19.1. The van der Waals surface area contributed by atoms with Gasteiger partial charge in [0.25, 0.3) is 0 Å². The zero-order chi connectivity index (χ0) is 20.9. The number of benzene rings is 1. The summed E-state index contributed by atoms with van der Waals surface area (Å²) in [4.78, 5) is 28.3. The Balaban J connectivity index is 1.25. The van der Waals surface area contributed by atoms with E-state index in [-0.39, 0.29) is 29.6 Å². The van der Waals surface area contributed by atoms with Crippen molar-refractivity contribution in [1.82, 2.24) is 4.90 Å². The van der Waals surface area contributed by atoms with Gasteiger partial charge in [0.1, 0.15) is 12.6 Å². The van der Waals surface area contributed by atoms with Gasteiger partial charge in [-0.25, -0.2) is 9.18 Å². The Bertz CT molecular complexity index is 818. The molecule has 6 rings (SSSR count). The highest BCUT2D eigenvalue weighted by Crippen LogP contribution is 2.60. The van der Waals surface area contributed by atoms with Crippen molar-refractivity contribution in [3.05, 3.63) is 29.6 Å². The Morgan fingerprint density at radius 3 is 2.40 bits per heavy atom. The number of hydrogen-bond acceptors (Lipinski definition) is 4.